The van der Waals surface area contributed by atoms with E-state index in [0.29, 0.717) is 35.0 Å². The molecule has 6 rings (SSSR count). The Morgan fingerprint density at radius 3 is 1.57 bits per heavy atom. The maximum atomic E-state index is 12.8. The van der Waals surface area contributed by atoms with Crippen LogP contribution in [0.2, 0.25) is 0 Å². The summed E-state index contributed by atoms with van der Waals surface area (Å²) in [5, 5.41) is 75.1. The summed E-state index contributed by atoms with van der Waals surface area (Å²) in [5.74, 6) is -6.47. The maximum absolute atomic E-state index is 12.8. The van der Waals surface area contributed by atoms with E-state index in [9.17, 15) is 96.8 Å². The Hall–Kier alpha value is -7.73. The number of fused-ring (bicyclic) bond motifs is 1. The van der Waals surface area contributed by atoms with Crippen LogP contribution in [-0.2, 0) is 57.5 Å². The maximum Gasteiger partial charge on any atom is 0.357 e. The Balaban J connectivity index is 0.00000864. The number of hydrogen-bond donors (Lipinski definition) is 9. The van der Waals surface area contributed by atoms with Crippen molar-refractivity contribution in [2.45, 2.75) is 19.6 Å². The minimum Gasteiger partial charge on any atom is -0.505 e. The number of carboxylic acid groups (broad SMARTS) is 2. The largest absolute Gasteiger partial charge is 0.505 e. The topological polar surface area (TPSA) is 488 Å². The third kappa shape index (κ3) is 10.4. The molecule has 6 aromatic rings. The molecule has 0 amide bonds. The molecule has 68 heavy (non-hydrogen) atoms. The summed E-state index contributed by atoms with van der Waals surface area (Å²) in [7, 11) is -21.0. The number of carbonyl (C=O) groups is 2. The van der Waals surface area contributed by atoms with E-state index in [1.54, 1.807) is 0 Å². The smallest absolute Gasteiger partial charge is 0.357 e. The number of phenols is 2. The number of phenolic OH excluding ortho intramolecular Hbond substituents is 2. The van der Waals surface area contributed by atoms with Crippen LogP contribution in [0.5, 0.6) is 11.5 Å². The van der Waals surface area contributed by atoms with Gasteiger partial charge in [0.2, 0.25) is 0 Å². The van der Waals surface area contributed by atoms with Crippen LogP contribution in [0, 0.1) is 10.1 Å². The molecule has 0 atom stereocenters. The van der Waals surface area contributed by atoms with Gasteiger partial charge in [0.1, 0.15) is 37.4 Å². The Morgan fingerprint density at radius 2 is 1.10 bits per heavy atom. The van der Waals surface area contributed by atoms with Crippen LogP contribution in [-0.4, -0.2) is 99.0 Å². The van der Waals surface area contributed by atoms with Crippen molar-refractivity contribution < 1.29 is 104 Å². The van der Waals surface area contributed by atoms with E-state index in [2.05, 4.69) is 35.8 Å². The Morgan fingerprint density at radius 1 is 0.603 bits per heavy atom. The second kappa shape index (κ2) is 18.5. The van der Waals surface area contributed by atoms with Crippen molar-refractivity contribution in [1.29, 1.82) is 0 Å². The molecule has 9 N–H and O–H groups in total. The average Bonchev–Trinajstić information content (AvgIpc) is 3.56. The molecular weight excluding hydrogens is 1050 g/mol. The zero-order valence-electron chi connectivity index (χ0n) is 32.3. The fourth-order valence-corrected chi connectivity index (χ4v) is 8.23. The second-order valence-electron chi connectivity index (χ2n) is 12.9. The summed E-state index contributed by atoms with van der Waals surface area (Å²) >= 11 is 0. The number of hydrogen-bond acceptors (Lipinski definition) is 21. The minimum atomic E-state index is -5.53. The first kappa shape index (κ1) is 51.3. The summed E-state index contributed by atoms with van der Waals surface area (Å²) in [4.78, 5) is 42.8. The van der Waals surface area contributed by atoms with E-state index in [0.717, 1.165) is 42.5 Å². The molecule has 0 spiro atoms. The van der Waals surface area contributed by atoms with E-state index < -0.39 is 156 Å². The zero-order chi connectivity index (χ0) is 49.7. The molecule has 0 saturated carbocycles. The van der Waals surface area contributed by atoms with Gasteiger partial charge in [0.05, 0.1) is 32.1 Å². The molecule has 5 aromatic carbocycles. The van der Waals surface area contributed by atoms with Crippen molar-refractivity contribution in [2.75, 3.05) is 0 Å². The third-order valence-electron chi connectivity index (χ3n) is 8.70. The first-order valence-corrected chi connectivity index (χ1v) is 22.8. The standard InChI is InChI=1S/C33H21N9O21S4.Cu/c43-29-24-13(10-23(67(61,62)63)26(30(24)44)38-36-20-8-4-16(42(50)51)12-21(20)65(55,56)57)9-22(66(58,59)60)25(29)37-35-19-7-1-14(11-18(19)32(46)47)34-39-27-28(33(48)49)41(40-31(27)45)15-2-5-17(6-3-15)64(52,53)54;/h1-12,43-44H,(H,40,45)(H,46,47)(H,48,49)(H,52,53,54)(H,55,56,57)(H,58,59,60)(H,61,62,63);. The number of carboxylic acids is 2. The number of aromatic hydroxyl groups is 2. The van der Waals surface area contributed by atoms with Crippen molar-refractivity contribution in [3.05, 3.63) is 105 Å². The van der Waals surface area contributed by atoms with Crippen molar-refractivity contribution in [3.63, 3.8) is 0 Å². The van der Waals surface area contributed by atoms with E-state index in [-0.39, 0.29) is 22.8 Å². The monoisotopic (exact) mass is 1070 g/mol. The number of nitro groups is 1. The molecular formula is C33H21CuN9O21S4. The Kier molecular flexibility index (Phi) is 14.0. The quantitative estimate of drug-likeness (QED) is 0.0221. The number of H-pyrrole nitrogens is 1. The van der Waals surface area contributed by atoms with Crippen LogP contribution in [0.1, 0.15) is 20.8 Å². The van der Waals surface area contributed by atoms with E-state index in [1.165, 1.54) is 0 Å². The number of non-ortho nitro benzene ring substituents is 1. The van der Waals surface area contributed by atoms with Gasteiger partial charge >= 0.3 is 11.9 Å². The molecule has 1 heterocycles. The summed E-state index contributed by atoms with van der Waals surface area (Å²) in [6.07, 6.45) is 0. The van der Waals surface area contributed by atoms with E-state index >= 15 is 0 Å². The number of aromatic carboxylic acids is 2. The molecule has 0 saturated heterocycles. The van der Waals surface area contributed by atoms with Gasteiger partial charge in [-0.2, -0.15) is 38.8 Å². The molecule has 0 aliphatic heterocycles. The first-order chi connectivity index (χ1) is 31.0. The Bertz CT molecular complexity index is 3780. The SMILES string of the molecule is O=C(O)c1cc(N=Nc2c(C(=O)O)n(-c3ccc(S(=O)(=O)O)cc3)[nH]c2=O)ccc1N=Nc1c(S(=O)(=O)O)cc2cc(S(=O)(=O)O)c(N=Nc3ccc([N+](=O)[O-])cc3S(=O)(=O)O)c(O)c2c1O.[Cu]. The molecule has 0 aliphatic rings. The number of rotatable bonds is 14. The number of aromatic amines is 1. The molecule has 30 nitrogen and oxygen atoms in total. The zero-order valence-corrected chi connectivity index (χ0v) is 36.5. The second-order valence-corrected chi connectivity index (χ2v) is 18.5. The van der Waals surface area contributed by atoms with Gasteiger partial charge in [0.15, 0.2) is 22.9 Å². The van der Waals surface area contributed by atoms with Crippen LogP contribution in [0.15, 0.2) is 128 Å². The van der Waals surface area contributed by atoms with Gasteiger partial charge in [0, 0.05) is 29.2 Å². The van der Waals surface area contributed by atoms with Crippen molar-refractivity contribution in [1.82, 2.24) is 9.78 Å². The van der Waals surface area contributed by atoms with Gasteiger partial charge in [-0.3, -0.25) is 38.2 Å². The van der Waals surface area contributed by atoms with Gasteiger partial charge in [-0.05, 0) is 66.0 Å². The Labute approximate surface area is 386 Å². The molecule has 359 valence electrons. The van der Waals surface area contributed by atoms with Gasteiger partial charge in [-0.25, -0.2) is 14.3 Å². The van der Waals surface area contributed by atoms with Crippen LogP contribution >= 0.6 is 0 Å². The van der Waals surface area contributed by atoms with Gasteiger partial charge in [-0.15, -0.1) is 25.6 Å². The van der Waals surface area contributed by atoms with Crippen LogP contribution in [0.3, 0.4) is 0 Å². The predicted octanol–water partition coefficient (Wildman–Crippen LogP) is 5.27. The summed E-state index contributed by atoms with van der Waals surface area (Å²) in [5.41, 5.74) is -9.21. The average molecular weight is 1070 g/mol. The predicted molar refractivity (Wildman–Crippen MR) is 219 cm³/mol. The van der Waals surface area contributed by atoms with Gasteiger partial charge < -0.3 is 20.4 Å². The molecule has 0 unspecified atom stereocenters. The van der Waals surface area contributed by atoms with Crippen molar-refractivity contribution >= 4 is 103 Å². The molecule has 0 fully saturated rings. The summed E-state index contributed by atoms with van der Waals surface area (Å²) in [6.45, 7) is 0. The number of benzene rings is 5. The van der Waals surface area contributed by atoms with Crippen molar-refractivity contribution in [3.8, 4) is 17.2 Å². The molecule has 35 heteroatoms. The third-order valence-corrected chi connectivity index (χ3v) is 12.2. The van der Waals surface area contributed by atoms with Crippen LogP contribution in [0.4, 0.5) is 39.8 Å². The van der Waals surface area contributed by atoms with Gasteiger partial charge in [0.25, 0.3) is 51.7 Å². The van der Waals surface area contributed by atoms with Gasteiger partial charge in [-0.1, -0.05) is 0 Å². The minimum absolute atomic E-state index is 0. The number of nitro benzene ring substituents is 1. The number of nitrogens with zero attached hydrogens (tertiary/aromatic N) is 8. The summed E-state index contributed by atoms with van der Waals surface area (Å²) < 4.78 is 136. The van der Waals surface area contributed by atoms with Crippen LogP contribution in [0.25, 0.3) is 16.5 Å². The molecule has 1 aromatic heterocycles. The number of azo groups is 3. The molecule has 0 bridgehead atoms. The van der Waals surface area contributed by atoms with Crippen LogP contribution < -0.4 is 5.56 Å². The number of nitrogens with one attached hydrogen (secondary N) is 1. The molecule has 1 radical (unpaired) electrons. The first-order valence-electron chi connectivity index (χ1n) is 17.0. The molecule has 0 aliphatic carbocycles. The van der Waals surface area contributed by atoms with Crippen molar-refractivity contribution in [2.24, 2.45) is 30.7 Å². The normalized spacial score (nSPS) is 12.5. The number of aromatic nitrogens is 2. The van der Waals surface area contributed by atoms with E-state index in [4.69, 9.17) is 0 Å². The summed E-state index contributed by atoms with van der Waals surface area (Å²) in [6, 6.07) is 8.83. The van der Waals surface area contributed by atoms with E-state index in [1.807, 2.05) is 0 Å². The fourth-order valence-electron chi connectivity index (χ4n) is 5.79. The fraction of sp³-hybridized carbons (Fsp3) is 0.